The number of carboxylic acid groups (broad SMARTS) is 1. The molecule has 3 aromatic carbocycles. The predicted octanol–water partition coefficient (Wildman–Crippen LogP) is 6.31. The number of fused-ring (bicyclic) bond motifs is 3. The Morgan fingerprint density at radius 3 is 2.07 bits per heavy atom. The Labute approximate surface area is 214 Å². The molecule has 0 radical (unpaired) electrons. The Balaban J connectivity index is 1.76. The fourth-order valence-corrected chi connectivity index (χ4v) is 6.28. The van der Waals surface area contributed by atoms with E-state index >= 15 is 0 Å². The van der Waals surface area contributed by atoms with Crippen LogP contribution in [-0.4, -0.2) is 23.1 Å². The summed E-state index contributed by atoms with van der Waals surface area (Å²) >= 11 is 6.48. The van der Waals surface area contributed by atoms with Crippen molar-refractivity contribution in [2.45, 2.75) is 18.4 Å². The molecule has 1 unspecified atom stereocenters. The topological polar surface area (TPSA) is 63.6 Å². The zero-order valence-electron chi connectivity index (χ0n) is 15.4. The molecule has 3 aromatic rings. The monoisotopic (exact) mass is 736 g/mol. The van der Waals surface area contributed by atoms with E-state index in [4.69, 9.17) is 4.74 Å². The van der Waals surface area contributed by atoms with Gasteiger partial charge in [-0.3, -0.25) is 4.79 Å². The number of rotatable bonds is 5. The Hall–Kier alpha value is -1.21. The van der Waals surface area contributed by atoms with Crippen molar-refractivity contribution < 1.29 is 19.4 Å². The van der Waals surface area contributed by atoms with Crippen LogP contribution in [0.5, 0.6) is 0 Å². The third-order valence-corrected chi connectivity index (χ3v) is 8.77. The molecule has 0 saturated carbocycles. The van der Waals surface area contributed by atoms with Crippen molar-refractivity contribution in [1.29, 1.82) is 0 Å². The first-order chi connectivity index (χ1) is 14.4. The normalized spacial score (nSPS) is 13.4. The van der Waals surface area contributed by atoms with Gasteiger partial charge in [0.25, 0.3) is 0 Å². The Morgan fingerprint density at radius 2 is 1.50 bits per heavy atom. The van der Waals surface area contributed by atoms with E-state index in [1.165, 1.54) is 0 Å². The van der Waals surface area contributed by atoms with Gasteiger partial charge in [0.05, 0.1) is 12.0 Å². The second-order valence-corrected chi connectivity index (χ2v) is 10.4. The summed E-state index contributed by atoms with van der Waals surface area (Å²) in [7, 11) is 0. The number of benzene rings is 3. The second kappa shape index (κ2) is 9.11. The lowest BCUT2D eigenvalue weighted by Gasteiger charge is -2.25. The molecule has 0 amide bonds. The molecule has 4 rings (SSSR count). The number of halogens is 3. The molecule has 1 aliphatic carbocycles. The summed E-state index contributed by atoms with van der Waals surface area (Å²) in [5, 5.41) is 9.57. The highest BCUT2D eigenvalue weighted by Crippen LogP contribution is 2.47. The smallest absolute Gasteiger partial charge is 0.339 e. The van der Waals surface area contributed by atoms with Crippen LogP contribution in [0.15, 0.2) is 60.7 Å². The SMILES string of the molecule is O=C(O)CC(OC(=O)c1cc(I)cc(I)c1I)C1c2ccccc2-c2ccccc21. The van der Waals surface area contributed by atoms with Crippen LogP contribution < -0.4 is 0 Å². The van der Waals surface area contributed by atoms with Crippen LogP contribution >= 0.6 is 67.8 Å². The maximum atomic E-state index is 13.1. The first-order valence-electron chi connectivity index (χ1n) is 9.12. The van der Waals surface area contributed by atoms with E-state index in [2.05, 4.69) is 67.8 Å². The quantitative estimate of drug-likeness (QED) is 0.190. The van der Waals surface area contributed by atoms with Crippen molar-refractivity contribution in [1.82, 2.24) is 0 Å². The standard InChI is InChI=1S/C23H15I3O4/c24-12-9-17(22(26)18(25)10-12)23(29)30-19(11-20(27)28)21-15-7-3-1-5-13(15)14-6-2-4-8-16(14)21/h1-10,19,21H,11H2,(H,27,28). The highest BCUT2D eigenvalue weighted by molar-refractivity contribution is 14.1. The minimum absolute atomic E-state index is 0.267. The predicted molar refractivity (Wildman–Crippen MR) is 140 cm³/mol. The molecule has 0 heterocycles. The number of carbonyl (C=O) groups excluding carboxylic acids is 1. The van der Waals surface area contributed by atoms with Crippen molar-refractivity contribution in [3.8, 4) is 11.1 Å². The van der Waals surface area contributed by atoms with Crippen LogP contribution in [0.1, 0.15) is 33.8 Å². The maximum absolute atomic E-state index is 13.1. The van der Waals surface area contributed by atoms with Crippen molar-refractivity contribution in [3.05, 3.63) is 88.1 Å². The molecule has 1 atom stereocenters. The summed E-state index contributed by atoms with van der Waals surface area (Å²) in [5.74, 6) is -1.82. The van der Waals surface area contributed by atoms with Crippen LogP contribution in [0, 0.1) is 10.7 Å². The lowest BCUT2D eigenvalue weighted by molar-refractivity contribution is -0.139. The Kier molecular flexibility index (Phi) is 6.68. The van der Waals surface area contributed by atoms with Gasteiger partial charge in [-0.1, -0.05) is 48.5 Å². The van der Waals surface area contributed by atoms with Crippen LogP contribution in [0.4, 0.5) is 0 Å². The third-order valence-electron chi connectivity index (χ3n) is 5.10. The third kappa shape index (κ3) is 4.24. The van der Waals surface area contributed by atoms with Gasteiger partial charge in [0, 0.05) is 16.6 Å². The summed E-state index contributed by atoms with van der Waals surface area (Å²) in [6.45, 7) is 0. The van der Waals surface area contributed by atoms with E-state index in [1.54, 1.807) is 6.07 Å². The van der Waals surface area contributed by atoms with E-state index in [0.29, 0.717) is 5.56 Å². The van der Waals surface area contributed by atoms with Gasteiger partial charge in [0.2, 0.25) is 0 Å². The number of carboxylic acids is 1. The van der Waals surface area contributed by atoms with Crippen LogP contribution in [-0.2, 0) is 9.53 Å². The van der Waals surface area contributed by atoms with Crippen molar-refractivity contribution in [2.24, 2.45) is 0 Å². The van der Waals surface area contributed by atoms with Gasteiger partial charge >= 0.3 is 11.9 Å². The molecule has 0 aliphatic heterocycles. The van der Waals surface area contributed by atoms with Crippen LogP contribution in [0.25, 0.3) is 11.1 Å². The average molecular weight is 736 g/mol. The molecule has 0 fully saturated rings. The van der Waals surface area contributed by atoms with Gasteiger partial charge < -0.3 is 9.84 Å². The minimum atomic E-state index is -0.999. The van der Waals surface area contributed by atoms with E-state index in [9.17, 15) is 14.7 Å². The first kappa shape index (κ1) is 22.0. The number of carbonyl (C=O) groups is 2. The summed E-state index contributed by atoms with van der Waals surface area (Å²) in [6.07, 6.45) is -1.08. The van der Waals surface area contributed by atoms with Crippen LogP contribution in [0.3, 0.4) is 0 Å². The number of ether oxygens (including phenoxy) is 1. The average Bonchev–Trinajstić information content (AvgIpc) is 3.04. The fourth-order valence-electron chi connectivity index (χ4n) is 3.90. The van der Waals surface area contributed by atoms with Crippen molar-refractivity contribution in [2.75, 3.05) is 0 Å². The fraction of sp³-hybridized carbons (Fsp3) is 0.130. The van der Waals surface area contributed by atoms with Crippen molar-refractivity contribution >= 4 is 79.7 Å². The molecular weight excluding hydrogens is 721 g/mol. The summed E-state index contributed by atoms with van der Waals surface area (Å²) < 4.78 is 8.59. The second-order valence-electron chi connectivity index (χ2n) is 6.94. The minimum Gasteiger partial charge on any atom is -0.481 e. The van der Waals surface area contributed by atoms with Gasteiger partial charge in [0.15, 0.2) is 0 Å². The van der Waals surface area contributed by atoms with Gasteiger partial charge in [-0.25, -0.2) is 4.79 Å². The molecule has 0 saturated heterocycles. The zero-order valence-corrected chi connectivity index (χ0v) is 21.9. The summed E-state index contributed by atoms with van der Waals surface area (Å²) in [6, 6.07) is 19.6. The highest BCUT2D eigenvalue weighted by Gasteiger charge is 2.38. The molecule has 0 spiro atoms. The molecule has 1 aliphatic rings. The molecule has 4 nitrogen and oxygen atoms in total. The van der Waals surface area contributed by atoms with E-state index in [-0.39, 0.29) is 12.3 Å². The number of esters is 1. The molecule has 7 heteroatoms. The van der Waals surface area contributed by atoms with Crippen molar-refractivity contribution in [3.63, 3.8) is 0 Å². The Morgan fingerprint density at radius 1 is 0.933 bits per heavy atom. The highest BCUT2D eigenvalue weighted by atomic mass is 127. The number of aliphatic carboxylic acids is 1. The maximum Gasteiger partial charge on any atom is 0.339 e. The van der Waals surface area contributed by atoms with Crippen LogP contribution in [0.2, 0.25) is 0 Å². The summed E-state index contributed by atoms with van der Waals surface area (Å²) in [5.41, 5.74) is 4.56. The molecule has 30 heavy (non-hydrogen) atoms. The van der Waals surface area contributed by atoms with E-state index in [1.807, 2.05) is 54.6 Å². The van der Waals surface area contributed by atoms with Gasteiger partial charge in [-0.2, -0.15) is 0 Å². The van der Waals surface area contributed by atoms with Gasteiger partial charge in [0.1, 0.15) is 6.10 Å². The molecule has 0 aromatic heterocycles. The molecule has 1 N–H and O–H groups in total. The number of hydrogen-bond acceptors (Lipinski definition) is 3. The number of hydrogen-bond donors (Lipinski definition) is 1. The van der Waals surface area contributed by atoms with E-state index in [0.717, 1.165) is 33.0 Å². The summed E-state index contributed by atoms with van der Waals surface area (Å²) in [4.78, 5) is 24.8. The molecule has 152 valence electrons. The first-order valence-corrected chi connectivity index (χ1v) is 12.4. The van der Waals surface area contributed by atoms with Gasteiger partial charge in [-0.15, -0.1) is 0 Å². The van der Waals surface area contributed by atoms with E-state index < -0.39 is 18.0 Å². The largest absolute Gasteiger partial charge is 0.481 e. The lowest BCUT2D eigenvalue weighted by Crippen LogP contribution is -2.28. The molecule has 0 bridgehead atoms. The molecular formula is C23H15I3O4. The zero-order chi connectivity index (χ0) is 21.4. The van der Waals surface area contributed by atoms with Gasteiger partial charge in [-0.05, 0) is 102 Å². The Bertz CT molecular complexity index is 1110. The lowest BCUT2D eigenvalue weighted by atomic mass is 9.89.